The maximum absolute atomic E-state index is 12.4. The fourth-order valence-electron chi connectivity index (χ4n) is 3.10. The molecule has 2 unspecified atom stereocenters. The van der Waals surface area contributed by atoms with E-state index in [2.05, 4.69) is 25.7 Å². The van der Waals surface area contributed by atoms with Crippen LogP contribution in [0, 0.1) is 0 Å². The van der Waals surface area contributed by atoms with Crippen molar-refractivity contribution in [3.8, 4) is 5.75 Å². The van der Waals surface area contributed by atoms with Crippen molar-refractivity contribution in [1.82, 2.24) is 10.2 Å². The zero-order valence-corrected chi connectivity index (χ0v) is 14.5. The number of nitrogens with one attached hydrogen (secondary N) is 1. The molecule has 5 heteroatoms. The summed E-state index contributed by atoms with van der Waals surface area (Å²) in [5, 5.41) is 2.71. The predicted octanol–water partition coefficient (Wildman–Crippen LogP) is 2.77. The summed E-state index contributed by atoms with van der Waals surface area (Å²) in [6.45, 7) is 8.19. The SMILES string of the molecule is C=CCNC(=O)c1ccc(OCC(=O)N2C(C)CCCC2C)cc1. The van der Waals surface area contributed by atoms with E-state index in [0.717, 1.165) is 12.8 Å². The van der Waals surface area contributed by atoms with Gasteiger partial charge in [0, 0.05) is 24.2 Å². The van der Waals surface area contributed by atoms with Gasteiger partial charge in [-0.05, 0) is 57.4 Å². The van der Waals surface area contributed by atoms with Crippen molar-refractivity contribution in [2.45, 2.75) is 45.2 Å². The molecule has 5 nitrogen and oxygen atoms in total. The first-order chi connectivity index (χ1) is 11.5. The van der Waals surface area contributed by atoms with Crippen molar-refractivity contribution < 1.29 is 14.3 Å². The summed E-state index contributed by atoms with van der Waals surface area (Å²) in [5.41, 5.74) is 0.550. The number of piperidine rings is 1. The number of carbonyl (C=O) groups is 2. The van der Waals surface area contributed by atoms with Crippen LogP contribution < -0.4 is 10.1 Å². The first kappa shape index (κ1) is 18.0. The standard InChI is InChI=1S/C19H26N2O3/c1-4-12-20-19(23)16-8-10-17(11-9-16)24-13-18(22)21-14(2)6-5-7-15(21)3/h4,8-11,14-15H,1,5-7,12-13H2,2-3H3,(H,20,23). The predicted molar refractivity (Wildman–Crippen MR) is 94.1 cm³/mol. The number of nitrogens with zero attached hydrogens (tertiary/aromatic N) is 1. The highest BCUT2D eigenvalue weighted by Crippen LogP contribution is 2.22. The maximum atomic E-state index is 12.4. The molecule has 2 rings (SSSR count). The van der Waals surface area contributed by atoms with Crippen LogP contribution in [0.1, 0.15) is 43.5 Å². The summed E-state index contributed by atoms with van der Waals surface area (Å²) in [6.07, 6.45) is 4.89. The van der Waals surface area contributed by atoms with Gasteiger partial charge in [0.1, 0.15) is 5.75 Å². The van der Waals surface area contributed by atoms with Crippen LogP contribution in [0.2, 0.25) is 0 Å². The molecule has 2 amide bonds. The minimum Gasteiger partial charge on any atom is -0.484 e. The summed E-state index contributed by atoms with van der Waals surface area (Å²) in [4.78, 5) is 26.1. The number of benzene rings is 1. The van der Waals surface area contributed by atoms with Crippen molar-refractivity contribution >= 4 is 11.8 Å². The molecule has 1 heterocycles. The zero-order valence-electron chi connectivity index (χ0n) is 14.5. The number of ether oxygens (including phenoxy) is 1. The minimum atomic E-state index is -0.159. The molecule has 1 N–H and O–H groups in total. The van der Waals surface area contributed by atoms with Crippen LogP contribution >= 0.6 is 0 Å². The Morgan fingerprint density at radius 1 is 1.25 bits per heavy atom. The second-order valence-corrected chi connectivity index (χ2v) is 6.24. The van der Waals surface area contributed by atoms with E-state index in [-0.39, 0.29) is 30.5 Å². The van der Waals surface area contributed by atoms with Gasteiger partial charge in [0.2, 0.25) is 0 Å². The van der Waals surface area contributed by atoms with E-state index in [1.54, 1.807) is 30.3 Å². The highest BCUT2D eigenvalue weighted by atomic mass is 16.5. The highest BCUT2D eigenvalue weighted by molar-refractivity contribution is 5.94. The Morgan fingerprint density at radius 3 is 2.46 bits per heavy atom. The van der Waals surface area contributed by atoms with Gasteiger partial charge in [-0.3, -0.25) is 9.59 Å². The quantitative estimate of drug-likeness (QED) is 0.816. The summed E-state index contributed by atoms with van der Waals surface area (Å²) in [7, 11) is 0. The zero-order chi connectivity index (χ0) is 17.5. The van der Waals surface area contributed by atoms with Crippen molar-refractivity contribution in [3.05, 3.63) is 42.5 Å². The van der Waals surface area contributed by atoms with Crippen molar-refractivity contribution in [3.63, 3.8) is 0 Å². The molecule has 1 aromatic rings. The Labute approximate surface area is 143 Å². The molecular formula is C19H26N2O3. The van der Waals surface area contributed by atoms with Crippen LogP contribution in [0.25, 0.3) is 0 Å². The molecule has 1 fully saturated rings. The first-order valence-electron chi connectivity index (χ1n) is 8.46. The summed E-state index contributed by atoms with van der Waals surface area (Å²) in [6, 6.07) is 7.31. The molecular weight excluding hydrogens is 304 g/mol. The van der Waals surface area contributed by atoms with Gasteiger partial charge >= 0.3 is 0 Å². The van der Waals surface area contributed by atoms with E-state index in [1.165, 1.54) is 6.42 Å². The average molecular weight is 330 g/mol. The fraction of sp³-hybridized carbons (Fsp3) is 0.474. The molecule has 0 saturated carbocycles. The minimum absolute atomic E-state index is 0.0162. The highest BCUT2D eigenvalue weighted by Gasteiger charge is 2.28. The Balaban J connectivity index is 1.88. The Morgan fingerprint density at radius 2 is 1.88 bits per heavy atom. The van der Waals surface area contributed by atoms with Gasteiger partial charge in [0.25, 0.3) is 11.8 Å². The average Bonchev–Trinajstić information content (AvgIpc) is 2.58. The molecule has 0 radical (unpaired) electrons. The molecule has 2 atom stereocenters. The number of hydrogen-bond acceptors (Lipinski definition) is 3. The van der Waals surface area contributed by atoms with Gasteiger partial charge in [-0.1, -0.05) is 6.08 Å². The van der Waals surface area contributed by atoms with Gasteiger partial charge in [0.15, 0.2) is 6.61 Å². The van der Waals surface area contributed by atoms with Gasteiger partial charge in [-0.15, -0.1) is 6.58 Å². The lowest BCUT2D eigenvalue weighted by Crippen LogP contribution is -2.49. The van der Waals surface area contributed by atoms with Crippen LogP contribution in [-0.2, 0) is 4.79 Å². The van der Waals surface area contributed by atoms with Gasteiger partial charge in [0.05, 0.1) is 0 Å². The van der Waals surface area contributed by atoms with Gasteiger partial charge < -0.3 is 15.0 Å². The molecule has 24 heavy (non-hydrogen) atoms. The lowest BCUT2D eigenvalue weighted by molar-refractivity contribution is -0.139. The second kappa shape index (κ2) is 8.52. The largest absolute Gasteiger partial charge is 0.484 e. The summed E-state index contributed by atoms with van der Waals surface area (Å²) >= 11 is 0. The fourth-order valence-corrected chi connectivity index (χ4v) is 3.10. The van der Waals surface area contributed by atoms with Crippen LogP contribution in [0.4, 0.5) is 0 Å². The monoisotopic (exact) mass is 330 g/mol. The van der Waals surface area contributed by atoms with E-state index >= 15 is 0 Å². The molecule has 130 valence electrons. The third-order valence-electron chi connectivity index (χ3n) is 4.37. The molecule has 0 aromatic heterocycles. The van der Waals surface area contributed by atoms with Gasteiger partial charge in [-0.2, -0.15) is 0 Å². The number of likely N-dealkylation sites (tertiary alicyclic amines) is 1. The Hall–Kier alpha value is -2.30. The van der Waals surface area contributed by atoms with Crippen LogP contribution in [0.3, 0.4) is 0 Å². The third kappa shape index (κ3) is 4.60. The maximum Gasteiger partial charge on any atom is 0.260 e. The Kier molecular flexibility index (Phi) is 6.41. The van der Waals surface area contributed by atoms with Gasteiger partial charge in [-0.25, -0.2) is 0 Å². The summed E-state index contributed by atoms with van der Waals surface area (Å²) < 4.78 is 5.59. The second-order valence-electron chi connectivity index (χ2n) is 6.24. The van der Waals surface area contributed by atoms with E-state index in [9.17, 15) is 9.59 Å². The van der Waals surface area contributed by atoms with Crippen molar-refractivity contribution in [2.75, 3.05) is 13.2 Å². The van der Waals surface area contributed by atoms with Crippen molar-refractivity contribution in [2.24, 2.45) is 0 Å². The number of hydrogen-bond donors (Lipinski definition) is 1. The van der Waals surface area contributed by atoms with Crippen LogP contribution in [0.5, 0.6) is 5.75 Å². The Bertz CT molecular complexity index is 573. The third-order valence-corrected chi connectivity index (χ3v) is 4.37. The lowest BCUT2D eigenvalue weighted by atomic mass is 9.97. The molecule has 0 aliphatic carbocycles. The molecule has 0 bridgehead atoms. The van der Waals surface area contributed by atoms with Crippen LogP contribution in [-0.4, -0.2) is 41.9 Å². The number of carbonyl (C=O) groups excluding carboxylic acids is 2. The lowest BCUT2D eigenvalue weighted by Gasteiger charge is -2.38. The smallest absolute Gasteiger partial charge is 0.260 e. The topological polar surface area (TPSA) is 58.6 Å². The van der Waals surface area contributed by atoms with E-state index in [0.29, 0.717) is 17.9 Å². The number of amides is 2. The molecule has 1 aliphatic rings. The van der Waals surface area contributed by atoms with E-state index < -0.39 is 0 Å². The summed E-state index contributed by atoms with van der Waals surface area (Å²) in [5.74, 6) is 0.442. The van der Waals surface area contributed by atoms with Crippen molar-refractivity contribution in [1.29, 1.82) is 0 Å². The molecule has 1 saturated heterocycles. The molecule has 1 aromatic carbocycles. The first-order valence-corrected chi connectivity index (χ1v) is 8.46. The van der Waals surface area contributed by atoms with E-state index in [4.69, 9.17) is 4.74 Å². The normalized spacial score (nSPS) is 20.3. The number of rotatable bonds is 6. The van der Waals surface area contributed by atoms with Crippen LogP contribution in [0.15, 0.2) is 36.9 Å². The molecule has 1 aliphatic heterocycles. The van der Waals surface area contributed by atoms with E-state index in [1.807, 2.05) is 4.90 Å². The molecule has 0 spiro atoms.